The molecule has 8 nitrogen and oxygen atoms in total. The Balaban J connectivity index is 2.29. The molecule has 0 bridgehead atoms. The smallest absolute Gasteiger partial charge is 0.244 e. The number of hydrogen-bond acceptors (Lipinski definition) is 7. The summed E-state index contributed by atoms with van der Waals surface area (Å²) >= 11 is 0. The summed E-state index contributed by atoms with van der Waals surface area (Å²) in [6, 6.07) is 5.71. The zero-order chi connectivity index (χ0) is 19.6. The molecule has 0 saturated carbocycles. The first-order valence-electron chi connectivity index (χ1n) is 8.54. The van der Waals surface area contributed by atoms with Gasteiger partial charge >= 0.3 is 0 Å². The number of nitrogens with one attached hydrogen (secondary N) is 1. The van der Waals surface area contributed by atoms with Crippen LogP contribution in [0.1, 0.15) is 36.1 Å². The fourth-order valence-electron chi connectivity index (χ4n) is 3.34. The summed E-state index contributed by atoms with van der Waals surface area (Å²) < 4.78 is 22.0. The van der Waals surface area contributed by atoms with Gasteiger partial charge in [0.05, 0.1) is 32.8 Å². The molecule has 3 rings (SSSR count). The minimum Gasteiger partial charge on any atom is -0.496 e. The lowest BCUT2D eigenvalue weighted by molar-refractivity contribution is 0.346. The summed E-state index contributed by atoms with van der Waals surface area (Å²) in [7, 11) is 4.67. The van der Waals surface area contributed by atoms with Crippen LogP contribution in [0.3, 0.4) is 0 Å². The maximum atomic E-state index is 9.77. The summed E-state index contributed by atoms with van der Waals surface area (Å²) in [5.74, 6) is 1.52. The molecule has 0 aliphatic carbocycles. The molecular weight excluding hydrogens is 348 g/mol. The molecule has 27 heavy (non-hydrogen) atoms. The molecule has 1 aliphatic heterocycles. The van der Waals surface area contributed by atoms with Gasteiger partial charge in [-0.3, -0.25) is 5.10 Å². The maximum Gasteiger partial charge on any atom is 0.244 e. The van der Waals surface area contributed by atoms with Crippen molar-refractivity contribution in [3.63, 3.8) is 0 Å². The number of H-pyrrole nitrogens is 1. The molecule has 1 aliphatic rings. The molecule has 1 aromatic carbocycles. The van der Waals surface area contributed by atoms with Crippen molar-refractivity contribution in [2.45, 2.75) is 25.7 Å². The Labute approximate surface area is 157 Å². The van der Waals surface area contributed by atoms with Crippen molar-refractivity contribution in [3.8, 4) is 29.2 Å². The molecule has 0 radical (unpaired) electrons. The normalized spacial score (nSPS) is 15.6. The van der Waals surface area contributed by atoms with Crippen LogP contribution in [0.25, 0.3) is 0 Å². The summed E-state index contributed by atoms with van der Waals surface area (Å²) in [4.78, 5) is 0. The topological polar surface area (TPSA) is 115 Å². The van der Waals surface area contributed by atoms with Crippen LogP contribution in [-0.4, -0.2) is 31.5 Å². The van der Waals surface area contributed by atoms with E-state index in [0.717, 1.165) is 29.7 Å². The number of aromatic amines is 1. The first-order chi connectivity index (χ1) is 13.1. The van der Waals surface area contributed by atoms with E-state index in [-0.39, 0.29) is 5.88 Å². The van der Waals surface area contributed by atoms with Crippen LogP contribution >= 0.6 is 0 Å². The Morgan fingerprint density at radius 2 is 1.85 bits per heavy atom. The Bertz CT molecular complexity index is 927. The van der Waals surface area contributed by atoms with Gasteiger partial charge in [-0.2, -0.15) is 5.26 Å². The Morgan fingerprint density at radius 3 is 2.44 bits per heavy atom. The van der Waals surface area contributed by atoms with E-state index in [0.29, 0.717) is 28.7 Å². The van der Waals surface area contributed by atoms with Gasteiger partial charge in [0.15, 0.2) is 11.5 Å². The van der Waals surface area contributed by atoms with Gasteiger partial charge < -0.3 is 24.7 Å². The van der Waals surface area contributed by atoms with Crippen molar-refractivity contribution in [2.24, 2.45) is 5.73 Å². The lowest BCUT2D eigenvalue weighted by Gasteiger charge is -2.26. The third-order valence-corrected chi connectivity index (χ3v) is 4.56. The number of nitriles is 1. The number of methoxy groups -OCH3 is 3. The van der Waals surface area contributed by atoms with Crippen LogP contribution in [0.4, 0.5) is 0 Å². The zero-order valence-corrected chi connectivity index (χ0v) is 15.8. The Hall–Kier alpha value is -3.34. The number of fused-ring (bicyclic) bond motifs is 1. The SMILES string of the molecule is CCCc1[nH]nc2c1[C@@H](c1cc(OC)c(OC)cc1OC)C(C#N)=C(N)O2. The van der Waals surface area contributed by atoms with Crippen LogP contribution in [0.2, 0.25) is 0 Å². The van der Waals surface area contributed by atoms with Gasteiger partial charge in [-0.1, -0.05) is 13.3 Å². The van der Waals surface area contributed by atoms with Crippen molar-refractivity contribution in [1.29, 1.82) is 5.26 Å². The Morgan fingerprint density at radius 1 is 1.19 bits per heavy atom. The number of aromatic nitrogens is 2. The fourth-order valence-corrected chi connectivity index (χ4v) is 3.34. The highest BCUT2D eigenvalue weighted by atomic mass is 16.5. The van der Waals surface area contributed by atoms with Crippen LogP contribution in [0.5, 0.6) is 23.1 Å². The average molecular weight is 370 g/mol. The lowest BCUT2D eigenvalue weighted by Crippen LogP contribution is -2.21. The van der Waals surface area contributed by atoms with Gasteiger partial charge in [0.25, 0.3) is 0 Å². The number of aryl methyl sites for hydroxylation is 1. The standard InChI is InChI=1S/C19H22N4O4/c1-5-6-12-17-16(11(9-20)18(21)27-19(17)23-22-12)10-7-14(25-3)15(26-4)8-13(10)24-2/h7-8,16H,5-6,21H2,1-4H3,(H,22,23)/t16-/m0/s1. The van der Waals surface area contributed by atoms with E-state index in [1.807, 2.05) is 0 Å². The van der Waals surface area contributed by atoms with Crippen LogP contribution < -0.4 is 24.7 Å². The molecule has 3 N–H and O–H groups in total. The largest absolute Gasteiger partial charge is 0.496 e. The second-order valence-corrected chi connectivity index (χ2v) is 6.04. The Kier molecular flexibility index (Phi) is 5.12. The van der Waals surface area contributed by atoms with E-state index in [1.165, 1.54) is 0 Å². The number of ether oxygens (including phenoxy) is 4. The van der Waals surface area contributed by atoms with Crippen LogP contribution in [0.15, 0.2) is 23.6 Å². The second-order valence-electron chi connectivity index (χ2n) is 6.04. The van der Waals surface area contributed by atoms with E-state index >= 15 is 0 Å². The monoisotopic (exact) mass is 370 g/mol. The molecule has 2 aromatic rings. The van der Waals surface area contributed by atoms with Crippen molar-refractivity contribution >= 4 is 0 Å². The number of nitrogens with zero attached hydrogens (tertiary/aromatic N) is 2. The van der Waals surface area contributed by atoms with Gasteiger partial charge in [0.2, 0.25) is 11.8 Å². The van der Waals surface area contributed by atoms with Gasteiger partial charge in [-0.25, -0.2) is 0 Å². The van der Waals surface area contributed by atoms with Gasteiger partial charge in [-0.15, -0.1) is 5.10 Å². The lowest BCUT2D eigenvalue weighted by atomic mass is 9.82. The predicted octanol–water partition coefficient (Wildman–Crippen LogP) is 2.61. The quantitative estimate of drug-likeness (QED) is 0.803. The number of nitrogens with two attached hydrogens (primary N) is 1. The minimum atomic E-state index is -0.492. The summed E-state index contributed by atoms with van der Waals surface area (Å²) in [5.41, 5.74) is 8.72. The molecule has 0 spiro atoms. The molecule has 142 valence electrons. The molecule has 1 aromatic heterocycles. The highest BCUT2D eigenvalue weighted by Gasteiger charge is 2.37. The first kappa shape index (κ1) is 18.5. The molecule has 0 unspecified atom stereocenters. The number of allylic oxidation sites excluding steroid dienone is 1. The van der Waals surface area contributed by atoms with Crippen molar-refractivity contribution in [3.05, 3.63) is 40.4 Å². The number of benzene rings is 1. The van der Waals surface area contributed by atoms with Gasteiger partial charge in [-0.05, 0) is 12.5 Å². The highest BCUT2D eigenvalue weighted by Crippen LogP contribution is 2.48. The van der Waals surface area contributed by atoms with E-state index in [1.54, 1.807) is 33.5 Å². The summed E-state index contributed by atoms with van der Waals surface area (Å²) in [5, 5.41) is 17.0. The van der Waals surface area contributed by atoms with Crippen molar-refractivity contribution in [1.82, 2.24) is 10.2 Å². The molecule has 2 heterocycles. The minimum absolute atomic E-state index is 0.0291. The predicted molar refractivity (Wildman–Crippen MR) is 98.0 cm³/mol. The summed E-state index contributed by atoms with van der Waals surface area (Å²) in [6.07, 6.45) is 1.67. The summed E-state index contributed by atoms with van der Waals surface area (Å²) in [6.45, 7) is 2.07. The highest BCUT2D eigenvalue weighted by molar-refractivity contribution is 5.61. The van der Waals surface area contributed by atoms with Crippen molar-refractivity contribution in [2.75, 3.05) is 21.3 Å². The van der Waals surface area contributed by atoms with Crippen LogP contribution in [0, 0.1) is 11.3 Å². The van der Waals surface area contributed by atoms with Gasteiger partial charge in [0.1, 0.15) is 17.4 Å². The van der Waals surface area contributed by atoms with E-state index in [9.17, 15) is 5.26 Å². The van der Waals surface area contributed by atoms with E-state index in [2.05, 4.69) is 23.2 Å². The first-order valence-corrected chi connectivity index (χ1v) is 8.54. The zero-order valence-electron chi connectivity index (χ0n) is 15.8. The second kappa shape index (κ2) is 7.50. The molecular formula is C19H22N4O4. The van der Waals surface area contributed by atoms with Gasteiger partial charge in [0, 0.05) is 17.3 Å². The maximum absolute atomic E-state index is 9.77. The average Bonchev–Trinajstić information content (AvgIpc) is 3.08. The van der Waals surface area contributed by atoms with E-state index in [4.69, 9.17) is 24.7 Å². The number of hydrogen-bond donors (Lipinski definition) is 2. The van der Waals surface area contributed by atoms with E-state index < -0.39 is 5.92 Å². The molecule has 0 fully saturated rings. The third kappa shape index (κ3) is 3.01. The third-order valence-electron chi connectivity index (χ3n) is 4.56. The fraction of sp³-hybridized carbons (Fsp3) is 0.368. The van der Waals surface area contributed by atoms with Crippen LogP contribution in [-0.2, 0) is 6.42 Å². The molecule has 0 saturated heterocycles. The molecule has 8 heteroatoms. The molecule has 1 atom stereocenters. The molecule has 0 amide bonds. The van der Waals surface area contributed by atoms with Crippen molar-refractivity contribution < 1.29 is 18.9 Å². The number of rotatable bonds is 6.